The van der Waals surface area contributed by atoms with Gasteiger partial charge in [-0.3, -0.25) is 4.79 Å². The van der Waals surface area contributed by atoms with E-state index < -0.39 is 0 Å². The second-order valence-electron chi connectivity index (χ2n) is 3.02. The number of nitrogens with zero attached hydrogens (tertiary/aromatic N) is 1. The highest BCUT2D eigenvalue weighted by Gasteiger charge is 2.12. The lowest BCUT2D eigenvalue weighted by Crippen LogP contribution is -2.34. The highest BCUT2D eigenvalue weighted by atomic mass is 35.5. The van der Waals surface area contributed by atoms with Crippen LogP contribution in [0.15, 0.2) is 12.2 Å². The molecule has 0 aromatic carbocycles. The Morgan fingerprint density at radius 3 is 2.46 bits per heavy atom. The zero-order chi connectivity index (χ0) is 8.81. The Kier molecular flexibility index (Phi) is 6.63. The van der Waals surface area contributed by atoms with Gasteiger partial charge in [-0.25, -0.2) is 0 Å². The predicted octanol–water partition coefficient (Wildman–Crippen LogP) is 0.936. The Bertz CT molecular complexity index is 176. The smallest absolute Gasteiger partial charge is 0.246 e. The van der Waals surface area contributed by atoms with Crippen LogP contribution in [0.25, 0.3) is 0 Å². The van der Waals surface area contributed by atoms with Gasteiger partial charge in [-0.1, -0.05) is 6.08 Å². The first-order valence-electron chi connectivity index (χ1n) is 4.50. The topological polar surface area (TPSA) is 46.3 Å². The summed E-state index contributed by atoms with van der Waals surface area (Å²) < 4.78 is 0. The van der Waals surface area contributed by atoms with Crippen molar-refractivity contribution in [3.63, 3.8) is 0 Å². The van der Waals surface area contributed by atoms with Gasteiger partial charge in [0.1, 0.15) is 0 Å². The van der Waals surface area contributed by atoms with Crippen LogP contribution >= 0.6 is 12.4 Å². The summed E-state index contributed by atoms with van der Waals surface area (Å²) in [6, 6.07) is 0. The van der Waals surface area contributed by atoms with Crippen molar-refractivity contribution in [3.05, 3.63) is 12.2 Å². The van der Waals surface area contributed by atoms with Crippen LogP contribution in [0.4, 0.5) is 0 Å². The number of piperidine rings is 1. The summed E-state index contributed by atoms with van der Waals surface area (Å²) >= 11 is 0. The highest BCUT2D eigenvalue weighted by molar-refractivity contribution is 5.87. The molecule has 1 amide bonds. The molecule has 2 N–H and O–H groups in total. The summed E-state index contributed by atoms with van der Waals surface area (Å²) in [4.78, 5) is 13.2. The van der Waals surface area contributed by atoms with Gasteiger partial charge in [0.2, 0.25) is 5.91 Å². The Morgan fingerprint density at radius 1 is 1.31 bits per heavy atom. The molecule has 0 bridgehead atoms. The van der Waals surface area contributed by atoms with E-state index in [0.717, 1.165) is 25.9 Å². The molecule has 1 aliphatic rings. The third-order valence-electron chi connectivity index (χ3n) is 2.06. The Morgan fingerprint density at radius 2 is 1.92 bits per heavy atom. The van der Waals surface area contributed by atoms with E-state index in [1.165, 1.54) is 6.42 Å². The van der Waals surface area contributed by atoms with Crippen LogP contribution in [-0.2, 0) is 4.79 Å². The molecular weight excluding hydrogens is 188 g/mol. The molecule has 4 heteroatoms. The lowest BCUT2D eigenvalue weighted by Gasteiger charge is -2.25. The number of amides is 1. The number of hydrogen-bond donors (Lipinski definition) is 1. The van der Waals surface area contributed by atoms with Crippen LogP contribution in [0.5, 0.6) is 0 Å². The standard InChI is InChI=1S/C9H16N2O.ClH/c10-6-4-5-9(12)11-7-2-1-3-8-11;/h4-5H,1-3,6-8,10H2;1H/b5-4+;. The minimum absolute atomic E-state index is 0. The molecule has 0 aromatic heterocycles. The Balaban J connectivity index is 0.00000144. The fraction of sp³-hybridized carbons (Fsp3) is 0.667. The van der Waals surface area contributed by atoms with E-state index in [-0.39, 0.29) is 18.3 Å². The second-order valence-corrected chi connectivity index (χ2v) is 3.02. The maximum absolute atomic E-state index is 11.3. The number of carbonyl (C=O) groups excluding carboxylic acids is 1. The van der Waals surface area contributed by atoms with Crippen molar-refractivity contribution in [1.29, 1.82) is 0 Å². The summed E-state index contributed by atoms with van der Waals surface area (Å²) in [6.45, 7) is 2.26. The minimum atomic E-state index is 0. The van der Waals surface area contributed by atoms with E-state index in [1.54, 1.807) is 12.2 Å². The first-order valence-corrected chi connectivity index (χ1v) is 4.50. The monoisotopic (exact) mass is 204 g/mol. The van der Waals surface area contributed by atoms with Gasteiger partial charge in [0.15, 0.2) is 0 Å². The van der Waals surface area contributed by atoms with Crippen LogP contribution in [0.1, 0.15) is 19.3 Å². The molecule has 1 heterocycles. The summed E-state index contributed by atoms with van der Waals surface area (Å²) in [6.07, 6.45) is 6.82. The van der Waals surface area contributed by atoms with Crippen LogP contribution < -0.4 is 5.73 Å². The van der Waals surface area contributed by atoms with Gasteiger partial charge in [0.25, 0.3) is 0 Å². The predicted molar refractivity (Wildman–Crippen MR) is 55.9 cm³/mol. The molecule has 0 radical (unpaired) electrons. The van der Waals surface area contributed by atoms with Gasteiger partial charge in [0.05, 0.1) is 0 Å². The molecule has 13 heavy (non-hydrogen) atoms. The van der Waals surface area contributed by atoms with Crippen molar-refractivity contribution in [1.82, 2.24) is 4.90 Å². The number of halogens is 1. The van der Waals surface area contributed by atoms with E-state index in [2.05, 4.69) is 0 Å². The van der Waals surface area contributed by atoms with Crippen molar-refractivity contribution in [2.24, 2.45) is 5.73 Å². The molecule has 0 atom stereocenters. The fourth-order valence-corrected chi connectivity index (χ4v) is 1.39. The SMILES string of the molecule is Cl.NC/C=C/C(=O)N1CCCCC1. The summed E-state index contributed by atoms with van der Waals surface area (Å²) in [7, 11) is 0. The highest BCUT2D eigenvalue weighted by Crippen LogP contribution is 2.08. The number of rotatable bonds is 2. The molecule has 0 aliphatic carbocycles. The van der Waals surface area contributed by atoms with E-state index in [1.807, 2.05) is 4.90 Å². The molecule has 0 aromatic rings. The molecule has 1 fully saturated rings. The molecule has 1 aliphatic heterocycles. The van der Waals surface area contributed by atoms with E-state index in [4.69, 9.17) is 5.73 Å². The largest absolute Gasteiger partial charge is 0.339 e. The molecule has 1 saturated heterocycles. The average Bonchev–Trinajstić information content (AvgIpc) is 2.15. The van der Waals surface area contributed by atoms with Crippen LogP contribution in [0.2, 0.25) is 0 Å². The van der Waals surface area contributed by atoms with Gasteiger partial charge >= 0.3 is 0 Å². The lowest BCUT2D eigenvalue weighted by molar-refractivity contribution is -0.126. The third kappa shape index (κ3) is 4.29. The number of carbonyl (C=O) groups is 1. The van der Waals surface area contributed by atoms with Crippen LogP contribution in [0.3, 0.4) is 0 Å². The van der Waals surface area contributed by atoms with Gasteiger partial charge in [0, 0.05) is 25.7 Å². The van der Waals surface area contributed by atoms with Gasteiger partial charge in [-0.2, -0.15) is 0 Å². The number of nitrogens with two attached hydrogens (primary N) is 1. The Hall–Kier alpha value is -0.540. The lowest BCUT2D eigenvalue weighted by atomic mass is 10.1. The molecule has 0 unspecified atom stereocenters. The first-order chi connectivity index (χ1) is 5.84. The second kappa shape index (κ2) is 6.92. The zero-order valence-electron chi connectivity index (χ0n) is 7.74. The summed E-state index contributed by atoms with van der Waals surface area (Å²) in [5.74, 6) is 0.111. The zero-order valence-corrected chi connectivity index (χ0v) is 8.55. The number of hydrogen-bond acceptors (Lipinski definition) is 2. The van der Waals surface area contributed by atoms with Crippen molar-refractivity contribution in [3.8, 4) is 0 Å². The van der Waals surface area contributed by atoms with Gasteiger partial charge in [-0.05, 0) is 19.3 Å². The van der Waals surface area contributed by atoms with Crippen LogP contribution in [-0.4, -0.2) is 30.4 Å². The van der Waals surface area contributed by atoms with Gasteiger partial charge < -0.3 is 10.6 Å². The Labute approximate surface area is 85.4 Å². The molecule has 0 saturated carbocycles. The van der Waals surface area contributed by atoms with Crippen molar-refractivity contribution in [2.45, 2.75) is 19.3 Å². The summed E-state index contributed by atoms with van der Waals surface area (Å²) in [5, 5.41) is 0. The average molecular weight is 205 g/mol. The summed E-state index contributed by atoms with van der Waals surface area (Å²) in [5.41, 5.74) is 5.25. The normalized spacial score (nSPS) is 17.2. The van der Waals surface area contributed by atoms with Gasteiger partial charge in [-0.15, -0.1) is 12.4 Å². The minimum Gasteiger partial charge on any atom is -0.339 e. The van der Waals surface area contributed by atoms with E-state index in [9.17, 15) is 4.79 Å². The van der Waals surface area contributed by atoms with Crippen molar-refractivity contribution >= 4 is 18.3 Å². The number of likely N-dealkylation sites (tertiary alicyclic amines) is 1. The fourth-order valence-electron chi connectivity index (χ4n) is 1.39. The van der Waals surface area contributed by atoms with E-state index in [0.29, 0.717) is 6.54 Å². The maximum Gasteiger partial charge on any atom is 0.246 e. The molecule has 3 nitrogen and oxygen atoms in total. The molecule has 1 rings (SSSR count). The van der Waals surface area contributed by atoms with Crippen molar-refractivity contribution in [2.75, 3.05) is 19.6 Å². The molecule has 76 valence electrons. The molecular formula is C9H17ClN2O. The third-order valence-corrected chi connectivity index (χ3v) is 2.06. The van der Waals surface area contributed by atoms with Crippen LogP contribution in [0, 0.1) is 0 Å². The van der Waals surface area contributed by atoms with E-state index >= 15 is 0 Å². The van der Waals surface area contributed by atoms with Crippen molar-refractivity contribution < 1.29 is 4.79 Å². The quantitative estimate of drug-likeness (QED) is 0.681. The molecule has 0 spiro atoms. The first kappa shape index (κ1) is 12.5. The maximum atomic E-state index is 11.3.